The summed E-state index contributed by atoms with van der Waals surface area (Å²) < 4.78 is 5.27. The van der Waals surface area contributed by atoms with Crippen LogP contribution < -0.4 is 5.73 Å². The largest absolute Gasteiger partial charge is 0.445 e. The lowest BCUT2D eigenvalue weighted by atomic mass is 10.2. The molecule has 4 nitrogen and oxygen atoms in total. The molecule has 17 heavy (non-hydrogen) atoms. The zero-order valence-electron chi connectivity index (χ0n) is 10.1. The third kappa shape index (κ3) is 2.90. The quantitative estimate of drug-likeness (QED) is 0.799. The highest BCUT2D eigenvalue weighted by Crippen LogP contribution is 2.18. The van der Waals surface area contributed by atoms with Gasteiger partial charge in [-0.2, -0.15) is 0 Å². The summed E-state index contributed by atoms with van der Waals surface area (Å²) in [4.78, 5) is 13.6. The lowest BCUT2D eigenvalue weighted by Crippen LogP contribution is -2.33. The lowest BCUT2D eigenvalue weighted by Gasteiger charge is -2.20. The van der Waals surface area contributed by atoms with E-state index in [9.17, 15) is 4.79 Å². The second kappa shape index (κ2) is 5.08. The van der Waals surface area contributed by atoms with Crippen molar-refractivity contribution in [3.63, 3.8) is 0 Å². The van der Waals surface area contributed by atoms with Crippen LogP contribution in [0.2, 0.25) is 0 Å². The SMILES string of the molecule is C[C@@H]1CCCN1C(=O)OCc1ccc(N)cc1. The number of nitrogen functional groups attached to an aromatic ring is 1. The molecular weight excluding hydrogens is 216 g/mol. The van der Waals surface area contributed by atoms with E-state index in [1.807, 2.05) is 24.3 Å². The Morgan fingerprint density at radius 3 is 2.76 bits per heavy atom. The average molecular weight is 234 g/mol. The highest BCUT2D eigenvalue weighted by Gasteiger charge is 2.26. The number of carbonyl (C=O) groups is 1. The number of anilines is 1. The van der Waals surface area contributed by atoms with Gasteiger partial charge in [0.1, 0.15) is 6.61 Å². The van der Waals surface area contributed by atoms with E-state index < -0.39 is 0 Å². The number of hydrogen-bond acceptors (Lipinski definition) is 3. The highest BCUT2D eigenvalue weighted by atomic mass is 16.6. The van der Waals surface area contributed by atoms with Gasteiger partial charge in [-0.25, -0.2) is 4.79 Å². The van der Waals surface area contributed by atoms with E-state index >= 15 is 0 Å². The summed E-state index contributed by atoms with van der Waals surface area (Å²) in [6.45, 7) is 3.17. The van der Waals surface area contributed by atoms with Crippen molar-refractivity contribution in [2.45, 2.75) is 32.4 Å². The number of amides is 1. The molecule has 1 fully saturated rings. The van der Waals surface area contributed by atoms with Gasteiger partial charge in [-0.3, -0.25) is 0 Å². The molecule has 0 aromatic heterocycles. The van der Waals surface area contributed by atoms with Crippen molar-refractivity contribution < 1.29 is 9.53 Å². The van der Waals surface area contributed by atoms with Crippen LogP contribution in [0.5, 0.6) is 0 Å². The van der Waals surface area contributed by atoms with Gasteiger partial charge in [0.05, 0.1) is 0 Å². The molecule has 1 aliphatic rings. The van der Waals surface area contributed by atoms with E-state index in [0.717, 1.165) is 24.9 Å². The molecule has 4 heteroatoms. The predicted octanol–water partition coefficient (Wildman–Crippen LogP) is 2.39. The molecule has 1 aliphatic heterocycles. The number of carbonyl (C=O) groups excluding carboxylic acids is 1. The standard InChI is InChI=1S/C13H18N2O2/c1-10-3-2-8-15(10)13(16)17-9-11-4-6-12(14)7-5-11/h4-7,10H,2-3,8-9,14H2,1H3/t10-/m1/s1. The molecule has 1 atom stereocenters. The van der Waals surface area contributed by atoms with Crippen molar-refractivity contribution in [2.24, 2.45) is 0 Å². The summed E-state index contributed by atoms with van der Waals surface area (Å²) in [6.07, 6.45) is 1.92. The van der Waals surface area contributed by atoms with E-state index in [1.54, 1.807) is 4.90 Å². The molecule has 92 valence electrons. The van der Waals surface area contributed by atoms with Crippen molar-refractivity contribution in [1.29, 1.82) is 0 Å². The van der Waals surface area contributed by atoms with Crippen LogP contribution in [0.1, 0.15) is 25.3 Å². The first-order chi connectivity index (χ1) is 8.16. The van der Waals surface area contributed by atoms with E-state index in [4.69, 9.17) is 10.5 Å². The molecule has 2 rings (SSSR count). The Bertz CT molecular complexity index is 389. The van der Waals surface area contributed by atoms with Crippen molar-refractivity contribution in [3.05, 3.63) is 29.8 Å². The fourth-order valence-electron chi connectivity index (χ4n) is 2.05. The zero-order valence-corrected chi connectivity index (χ0v) is 10.1. The van der Waals surface area contributed by atoms with Crippen LogP contribution in [-0.4, -0.2) is 23.6 Å². The summed E-state index contributed by atoms with van der Waals surface area (Å²) in [5.74, 6) is 0. The molecular formula is C13H18N2O2. The van der Waals surface area contributed by atoms with Crippen LogP contribution in [0.3, 0.4) is 0 Å². The maximum Gasteiger partial charge on any atom is 0.410 e. The van der Waals surface area contributed by atoms with Gasteiger partial charge in [-0.05, 0) is 37.5 Å². The van der Waals surface area contributed by atoms with E-state index in [-0.39, 0.29) is 6.09 Å². The van der Waals surface area contributed by atoms with Crippen molar-refractivity contribution in [3.8, 4) is 0 Å². The van der Waals surface area contributed by atoms with Gasteiger partial charge in [-0.15, -0.1) is 0 Å². The number of nitrogens with zero attached hydrogens (tertiary/aromatic N) is 1. The monoisotopic (exact) mass is 234 g/mol. The van der Waals surface area contributed by atoms with Gasteiger partial charge >= 0.3 is 6.09 Å². The first kappa shape index (κ1) is 11.8. The fraction of sp³-hybridized carbons (Fsp3) is 0.462. The third-order valence-corrected chi connectivity index (χ3v) is 3.13. The Kier molecular flexibility index (Phi) is 3.52. The van der Waals surface area contributed by atoms with Crippen LogP contribution in [-0.2, 0) is 11.3 Å². The molecule has 0 radical (unpaired) electrons. The van der Waals surface area contributed by atoms with Gasteiger partial charge in [0, 0.05) is 18.3 Å². The van der Waals surface area contributed by atoms with Gasteiger partial charge < -0.3 is 15.4 Å². The van der Waals surface area contributed by atoms with Gasteiger partial charge in [0.25, 0.3) is 0 Å². The summed E-state index contributed by atoms with van der Waals surface area (Å²) >= 11 is 0. The molecule has 1 heterocycles. The number of nitrogens with two attached hydrogens (primary N) is 1. The Labute approximate surface area is 101 Å². The van der Waals surface area contributed by atoms with Crippen LogP contribution >= 0.6 is 0 Å². The summed E-state index contributed by atoms with van der Waals surface area (Å²) in [7, 11) is 0. The molecule has 0 bridgehead atoms. The molecule has 2 N–H and O–H groups in total. The number of likely N-dealkylation sites (tertiary alicyclic amines) is 1. The first-order valence-electron chi connectivity index (χ1n) is 5.94. The molecule has 1 saturated heterocycles. The number of benzene rings is 1. The van der Waals surface area contributed by atoms with Crippen molar-refractivity contribution in [1.82, 2.24) is 4.90 Å². The van der Waals surface area contributed by atoms with Crippen LogP contribution in [0.4, 0.5) is 10.5 Å². The van der Waals surface area contributed by atoms with E-state index in [1.165, 1.54) is 0 Å². The smallest absolute Gasteiger partial charge is 0.410 e. The second-order valence-corrected chi connectivity index (χ2v) is 4.48. The number of hydrogen-bond donors (Lipinski definition) is 1. The summed E-state index contributed by atoms with van der Waals surface area (Å²) in [6, 6.07) is 7.66. The molecule has 0 aliphatic carbocycles. The minimum Gasteiger partial charge on any atom is -0.445 e. The third-order valence-electron chi connectivity index (χ3n) is 3.13. The van der Waals surface area contributed by atoms with Crippen LogP contribution in [0.15, 0.2) is 24.3 Å². The van der Waals surface area contributed by atoms with E-state index in [2.05, 4.69) is 6.92 Å². The van der Waals surface area contributed by atoms with Crippen molar-refractivity contribution >= 4 is 11.8 Å². The fourth-order valence-corrected chi connectivity index (χ4v) is 2.05. The summed E-state index contributed by atoms with van der Waals surface area (Å²) in [5.41, 5.74) is 7.26. The summed E-state index contributed by atoms with van der Waals surface area (Å²) in [5, 5.41) is 0. The Morgan fingerprint density at radius 1 is 1.47 bits per heavy atom. The van der Waals surface area contributed by atoms with Gasteiger partial charge in [0.15, 0.2) is 0 Å². The Balaban J connectivity index is 1.85. The number of ether oxygens (including phenoxy) is 1. The molecule has 1 amide bonds. The van der Waals surface area contributed by atoms with Crippen LogP contribution in [0.25, 0.3) is 0 Å². The lowest BCUT2D eigenvalue weighted by molar-refractivity contribution is 0.0945. The maximum atomic E-state index is 11.8. The van der Waals surface area contributed by atoms with E-state index in [0.29, 0.717) is 18.3 Å². The predicted molar refractivity (Wildman–Crippen MR) is 66.4 cm³/mol. The molecule has 0 unspecified atom stereocenters. The Hall–Kier alpha value is -1.71. The minimum atomic E-state index is -0.216. The Morgan fingerprint density at radius 2 is 2.18 bits per heavy atom. The van der Waals surface area contributed by atoms with Crippen molar-refractivity contribution in [2.75, 3.05) is 12.3 Å². The molecule has 0 saturated carbocycles. The normalized spacial score (nSPS) is 19.4. The van der Waals surface area contributed by atoms with Gasteiger partial charge in [-0.1, -0.05) is 12.1 Å². The minimum absolute atomic E-state index is 0.216. The molecule has 0 spiro atoms. The average Bonchev–Trinajstić information content (AvgIpc) is 2.74. The molecule has 1 aromatic rings. The zero-order chi connectivity index (χ0) is 12.3. The maximum absolute atomic E-state index is 11.8. The first-order valence-corrected chi connectivity index (χ1v) is 5.94. The topological polar surface area (TPSA) is 55.6 Å². The second-order valence-electron chi connectivity index (χ2n) is 4.48. The van der Waals surface area contributed by atoms with Gasteiger partial charge in [0.2, 0.25) is 0 Å². The molecule has 1 aromatic carbocycles. The highest BCUT2D eigenvalue weighted by molar-refractivity contribution is 5.68. The number of rotatable bonds is 2. The van der Waals surface area contributed by atoms with Crippen LogP contribution in [0, 0.1) is 0 Å².